The summed E-state index contributed by atoms with van der Waals surface area (Å²) in [5.41, 5.74) is 0.684. The van der Waals surface area contributed by atoms with Crippen LogP contribution in [0, 0.1) is 5.82 Å². The molecule has 92 valence electrons. The molecule has 2 aromatic rings. The molecule has 0 N–H and O–H groups in total. The van der Waals surface area contributed by atoms with Crippen molar-refractivity contribution in [1.82, 2.24) is 9.97 Å². The largest absolute Gasteiger partial charge is 0.420 e. The topological polar surface area (TPSA) is 52.1 Å². The number of carbonyl (C=O) groups is 1. The first-order chi connectivity index (χ1) is 8.72. The van der Waals surface area contributed by atoms with Crippen LogP contribution in [0.15, 0.2) is 36.9 Å². The molecule has 0 bridgehead atoms. The molecule has 1 aromatic carbocycles. The van der Waals surface area contributed by atoms with E-state index in [1.54, 1.807) is 12.1 Å². The van der Waals surface area contributed by atoms with E-state index < -0.39 is 11.8 Å². The second-order valence-corrected chi connectivity index (χ2v) is 3.60. The van der Waals surface area contributed by atoms with E-state index in [0.717, 1.165) is 0 Å². The predicted octanol–water partition coefficient (Wildman–Crippen LogP) is 2.40. The Morgan fingerprint density at radius 2 is 2.06 bits per heavy atom. The van der Waals surface area contributed by atoms with Crippen LogP contribution in [0.1, 0.15) is 22.8 Å². The molecule has 2 rings (SSSR count). The fourth-order valence-corrected chi connectivity index (χ4v) is 1.47. The molecule has 0 amide bonds. The quantitative estimate of drug-likeness (QED) is 0.616. The Morgan fingerprint density at radius 3 is 2.72 bits per heavy atom. The number of ether oxygens (including phenoxy) is 1. The van der Waals surface area contributed by atoms with Crippen LogP contribution in [-0.4, -0.2) is 15.9 Å². The van der Waals surface area contributed by atoms with Crippen molar-refractivity contribution in [3.8, 4) is 5.75 Å². The second kappa shape index (κ2) is 5.35. The number of rotatable bonds is 3. The average molecular weight is 246 g/mol. The van der Waals surface area contributed by atoms with Gasteiger partial charge in [-0.2, -0.15) is 0 Å². The summed E-state index contributed by atoms with van der Waals surface area (Å²) in [5.74, 6) is -1.27. The van der Waals surface area contributed by atoms with Gasteiger partial charge in [-0.1, -0.05) is 19.1 Å². The standard InChI is InChI=1S/C13H11FN2O2/c1-2-9-4-3-5-11(12(9)14)18-13(17)10-6-15-8-16-7-10/h3-8H,2H2,1H3. The van der Waals surface area contributed by atoms with Crippen molar-refractivity contribution in [3.63, 3.8) is 0 Å². The van der Waals surface area contributed by atoms with Crippen molar-refractivity contribution in [2.24, 2.45) is 0 Å². The molecular formula is C13H11FN2O2. The minimum absolute atomic E-state index is 0.0804. The molecule has 0 atom stereocenters. The minimum atomic E-state index is -0.678. The van der Waals surface area contributed by atoms with E-state index in [4.69, 9.17) is 4.74 Å². The zero-order valence-electron chi connectivity index (χ0n) is 9.76. The highest BCUT2D eigenvalue weighted by atomic mass is 19.1. The zero-order chi connectivity index (χ0) is 13.0. The van der Waals surface area contributed by atoms with Crippen LogP contribution in [-0.2, 0) is 6.42 Å². The molecule has 0 aliphatic rings. The van der Waals surface area contributed by atoms with E-state index in [1.807, 2.05) is 6.92 Å². The third-order valence-corrected chi connectivity index (χ3v) is 2.42. The molecule has 18 heavy (non-hydrogen) atoms. The number of carbonyl (C=O) groups excluding carboxylic acids is 1. The Morgan fingerprint density at radius 1 is 1.33 bits per heavy atom. The van der Waals surface area contributed by atoms with Crippen LogP contribution in [0.25, 0.3) is 0 Å². The highest BCUT2D eigenvalue weighted by molar-refractivity contribution is 5.90. The first-order valence-corrected chi connectivity index (χ1v) is 5.47. The first-order valence-electron chi connectivity index (χ1n) is 5.47. The van der Waals surface area contributed by atoms with Gasteiger partial charge in [-0.05, 0) is 18.1 Å². The number of hydrogen-bond donors (Lipinski definition) is 0. The SMILES string of the molecule is CCc1cccc(OC(=O)c2cncnc2)c1F. The lowest BCUT2D eigenvalue weighted by Crippen LogP contribution is -2.10. The number of nitrogens with zero attached hydrogens (tertiary/aromatic N) is 2. The van der Waals surface area contributed by atoms with Gasteiger partial charge in [-0.3, -0.25) is 0 Å². The van der Waals surface area contributed by atoms with Gasteiger partial charge >= 0.3 is 5.97 Å². The summed E-state index contributed by atoms with van der Waals surface area (Å²) in [6, 6.07) is 4.71. The zero-order valence-corrected chi connectivity index (χ0v) is 9.76. The normalized spacial score (nSPS) is 10.1. The van der Waals surface area contributed by atoms with Gasteiger partial charge in [0, 0.05) is 12.4 Å². The van der Waals surface area contributed by atoms with E-state index >= 15 is 0 Å². The highest BCUT2D eigenvalue weighted by Crippen LogP contribution is 2.21. The van der Waals surface area contributed by atoms with E-state index in [1.165, 1.54) is 24.8 Å². The summed E-state index contributed by atoms with van der Waals surface area (Å²) < 4.78 is 18.8. The molecule has 0 radical (unpaired) electrons. The lowest BCUT2D eigenvalue weighted by Gasteiger charge is -2.07. The summed E-state index contributed by atoms with van der Waals surface area (Å²) in [5, 5.41) is 0. The minimum Gasteiger partial charge on any atom is -0.420 e. The van der Waals surface area contributed by atoms with Gasteiger partial charge in [0.25, 0.3) is 0 Å². The Kier molecular flexibility index (Phi) is 3.62. The van der Waals surface area contributed by atoms with E-state index in [2.05, 4.69) is 9.97 Å². The molecule has 0 fully saturated rings. The van der Waals surface area contributed by atoms with Crippen LogP contribution < -0.4 is 4.74 Å². The van der Waals surface area contributed by atoms with Gasteiger partial charge in [-0.25, -0.2) is 19.2 Å². The fourth-order valence-electron chi connectivity index (χ4n) is 1.47. The Hall–Kier alpha value is -2.30. The Labute approximate surface area is 103 Å². The van der Waals surface area contributed by atoms with Crippen molar-refractivity contribution in [1.29, 1.82) is 0 Å². The number of halogens is 1. The van der Waals surface area contributed by atoms with Gasteiger partial charge in [0.15, 0.2) is 11.6 Å². The molecule has 0 spiro atoms. The maximum atomic E-state index is 13.8. The van der Waals surface area contributed by atoms with Crippen LogP contribution in [0.2, 0.25) is 0 Å². The van der Waals surface area contributed by atoms with E-state index in [9.17, 15) is 9.18 Å². The summed E-state index contributed by atoms with van der Waals surface area (Å²) >= 11 is 0. The molecule has 0 aliphatic carbocycles. The lowest BCUT2D eigenvalue weighted by molar-refractivity contribution is 0.0726. The molecule has 0 saturated heterocycles. The summed E-state index contributed by atoms with van der Waals surface area (Å²) in [7, 11) is 0. The third kappa shape index (κ3) is 2.51. The monoisotopic (exact) mass is 246 g/mol. The predicted molar refractivity (Wildman–Crippen MR) is 62.8 cm³/mol. The summed E-state index contributed by atoms with van der Waals surface area (Å²) in [6.45, 7) is 1.83. The van der Waals surface area contributed by atoms with E-state index in [-0.39, 0.29) is 11.3 Å². The van der Waals surface area contributed by atoms with Gasteiger partial charge < -0.3 is 4.74 Å². The maximum Gasteiger partial charge on any atom is 0.346 e. The fraction of sp³-hybridized carbons (Fsp3) is 0.154. The van der Waals surface area contributed by atoms with Crippen molar-refractivity contribution in [2.45, 2.75) is 13.3 Å². The number of esters is 1. The maximum absolute atomic E-state index is 13.8. The second-order valence-electron chi connectivity index (χ2n) is 3.60. The van der Waals surface area contributed by atoms with Crippen LogP contribution in [0.3, 0.4) is 0 Å². The van der Waals surface area contributed by atoms with Gasteiger partial charge in [0.1, 0.15) is 6.33 Å². The van der Waals surface area contributed by atoms with Crippen molar-refractivity contribution in [2.75, 3.05) is 0 Å². The number of hydrogen-bond acceptors (Lipinski definition) is 4. The molecule has 0 aliphatic heterocycles. The molecule has 1 heterocycles. The Balaban J connectivity index is 2.22. The van der Waals surface area contributed by atoms with Gasteiger partial charge in [-0.15, -0.1) is 0 Å². The summed E-state index contributed by atoms with van der Waals surface area (Å²) in [4.78, 5) is 19.1. The van der Waals surface area contributed by atoms with Gasteiger partial charge in [0.05, 0.1) is 5.56 Å². The van der Waals surface area contributed by atoms with Crippen molar-refractivity contribution >= 4 is 5.97 Å². The summed E-state index contributed by atoms with van der Waals surface area (Å²) in [6.07, 6.45) is 4.47. The van der Waals surface area contributed by atoms with E-state index in [0.29, 0.717) is 12.0 Å². The molecule has 0 unspecified atom stereocenters. The van der Waals surface area contributed by atoms with Crippen LogP contribution in [0.5, 0.6) is 5.75 Å². The molecule has 5 heteroatoms. The van der Waals surface area contributed by atoms with Crippen molar-refractivity contribution in [3.05, 3.63) is 53.9 Å². The van der Waals surface area contributed by atoms with Gasteiger partial charge in [0.2, 0.25) is 0 Å². The molecule has 4 nitrogen and oxygen atoms in total. The third-order valence-electron chi connectivity index (χ3n) is 2.42. The van der Waals surface area contributed by atoms with Crippen LogP contribution >= 0.6 is 0 Å². The molecule has 0 saturated carbocycles. The molecular weight excluding hydrogens is 235 g/mol. The number of aryl methyl sites for hydroxylation is 1. The number of aromatic nitrogens is 2. The number of benzene rings is 1. The molecule has 1 aromatic heterocycles. The average Bonchev–Trinajstić information content (AvgIpc) is 2.42. The Bertz CT molecular complexity index is 558. The first kappa shape index (κ1) is 12.2. The van der Waals surface area contributed by atoms with Crippen molar-refractivity contribution < 1.29 is 13.9 Å². The highest BCUT2D eigenvalue weighted by Gasteiger charge is 2.14. The lowest BCUT2D eigenvalue weighted by atomic mass is 10.1. The van der Waals surface area contributed by atoms with Crippen LogP contribution in [0.4, 0.5) is 4.39 Å². The smallest absolute Gasteiger partial charge is 0.346 e.